The van der Waals surface area contributed by atoms with E-state index in [4.69, 9.17) is 5.73 Å². The summed E-state index contributed by atoms with van der Waals surface area (Å²) in [7, 11) is 1.95. The summed E-state index contributed by atoms with van der Waals surface area (Å²) >= 11 is 1.68. The van der Waals surface area contributed by atoms with Crippen LogP contribution in [0.2, 0.25) is 0 Å². The van der Waals surface area contributed by atoms with Crippen LogP contribution in [0.3, 0.4) is 0 Å². The fourth-order valence-corrected chi connectivity index (χ4v) is 2.56. The van der Waals surface area contributed by atoms with Crippen molar-refractivity contribution in [2.75, 3.05) is 0 Å². The lowest BCUT2D eigenvalue weighted by Gasteiger charge is -2.05. The molecule has 2 N–H and O–H groups in total. The van der Waals surface area contributed by atoms with Gasteiger partial charge in [0.2, 0.25) is 0 Å². The van der Waals surface area contributed by atoms with E-state index in [1.807, 2.05) is 11.6 Å². The van der Waals surface area contributed by atoms with Crippen LogP contribution in [0.5, 0.6) is 0 Å². The molecule has 0 aliphatic rings. The number of nitrogens with two attached hydrogens (primary N) is 1. The third-order valence-electron chi connectivity index (χ3n) is 3.05. The molecule has 0 radical (unpaired) electrons. The van der Waals surface area contributed by atoms with Gasteiger partial charge in [0.15, 0.2) is 5.16 Å². The van der Waals surface area contributed by atoms with Crippen LogP contribution in [0.1, 0.15) is 22.5 Å². The molecule has 0 spiro atoms. The summed E-state index contributed by atoms with van der Waals surface area (Å²) in [6.45, 7) is 4.69. The lowest BCUT2D eigenvalue weighted by Crippen LogP contribution is -2.05. The molecule has 0 fully saturated rings. The Hall–Kier alpha value is -1.33. The third-order valence-corrected chi connectivity index (χ3v) is 4.14. The van der Waals surface area contributed by atoms with Crippen molar-refractivity contribution >= 4 is 11.8 Å². The molecular formula is C13H18N4S. The largest absolute Gasteiger partial charge is 0.324 e. The molecule has 2 aromatic rings. The van der Waals surface area contributed by atoms with Gasteiger partial charge in [-0.05, 0) is 30.5 Å². The van der Waals surface area contributed by atoms with E-state index in [1.165, 1.54) is 16.7 Å². The molecule has 5 heteroatoms. The summed E-state index contributed by atoms with van der Waals surface area (Å²) in [5.41, 5.74) is 9.54. The summed E-state index contributed by atoms with van der Waals surface area (Å²) < 4.78 is 1.95. The molecule has 4 nitrogen and oxygen atoms in total. The maximum Gasteiger partial charge on any atom is 0.191 e. The second kappa shape index (κ2) is 5.54. The molecule has 0 bridgehead atoms. The van der Waals surface area contributed by atoms with E-state index in [1.54, 1.807) is 11.8 Å². The van der Waals surface area contributed by atoms with E-state index in [0.29, 0.717) is 6.54 Å². The molecule has 96 valence electrons. The van der Waals surface area contributed by atoms with Crippen molar-refractivity contribution in [1.82, 2.24) is 14.8 Å². The van der Waals surface area contributed by atoms with E-state index >= 15 is 0 Å². The molecule has 1 aromatic heterocycles. The van der Waals surface area contributed by atoms with E-state index in [-0.39, 0.29) is 0 Å². The van der Waals surface area contributed by atoms with E-state index in [2.05, 4.69) is 42.2 Å². The Balaban J connectivity index is 2.06. The first-order chi connectivity index (χ1) is 8.61. The van der Waals surface area contributed by atoms with Crippen LogP contribution in [0.4, 0.5) is 0 Å². The molecule has 0 atom stereocenters. The zero-order chi connectivity index (χ0) is 13.1. The van der Waals surface area contributed by atoms with Gasteiger partial charge >= 0.3 is 0 Å². The van der Waals surface area contributed by atoms with Crippen LogP contribution in [0.15, 0.2) is 23.4 Å². The lowest BCUT2D eigenvalue weighted by molar-refractivity contribution is 0.734. The first-order valence-electron chi connectivity index (χ1n) is 5.89. The molecular weight excluding hydrogens is 244 g/mol. The number of aromatic nitrogens is 3. The quantitative estimate of drug-likeness (QED) is 0.858. The van der Waals surface area contributed by atoms with Crippen molar-refractivity contribution < 1.29 is 0 Å². The van der Waals surface area contributed by atoms with Crippen molar-refractivity contribution in [3.63, 3.8) is 0 Å². The number of thioether (sulfide) groups is 1. The van der Waals surface area contributed by atoms with Crippen LogP contribution in [0.25, 0.3) is 0 Å². The predicted octanol–water partition coefficient (Wildman–Crippen LogP) is 2.18. The maximum absolute atomic E-state index is 5.58. The van der Waals surface area contributed by atoms with Crippen LogP contribution in [-0.4, -0.2) is 14.8 Å². The van der Waals surface area contributed by atoms with Crippen molar-refractivity contribution in [1.29, 1.82) is 0 Å². The van der Waals surface area contributed by atoms with E-state index < -0.39 is 0 Å². The maximum atomic E-state index is 5.58. The molecule has 1 heterocycles. The molecule has 0 aliphatic heterocycles. The smallest absolute Gasteiger partial charge is 0.191 e. The van der Waals surface area contributed by atoms with Gasteiger partial charge in [0.05, 0.1) is 6.54 Å². The molecule has 0 amide bonds. The van der Waals surface area contributed by atoms with Crippen LogP contribution in [-0.2, 0) is 19.3 Å². The Morgan fingerprint density at radius 3 is 2.61 bits per heavy atom. The van der Waals surface area contributed by atoms with Gasteiger partial charge in [0.25, 0.3) is 0 Å². The fourth-order valence-electron chi connectivity index (χ4n) is 1.69. The highest BCUT2D eigenvalue weighted by atomic mass is 32.2. The van der Waals surface area contributed by atoms with Crippen molar-refractivity contribution in [2.45, 2.75) is 31.3 Å². The molecule has 0 aliphatic carbocycles. The Morgan fingerprint density at radius 2 is 2.00 bits per heavy atom. The average Bonchev–Trinajstić information content (AvgIpc) is 2.72. The average molecular weight is 262 g/mol. The van der Waals surface area contributed by atoms with Crippen LogP contribution >= 0.6 is 11.8 Å². The van der Waals surface area contributed by atoms with Crippen LogP contribution < -0.4 is 5.73 Å². The Bertz CT molecular complexity index is 548. The fraction of sp³-hybridized carbons (Fsp3) is 0.385. The molecule has 1 aromatic carbocycles. The highest BCUT2D eigenvalue weighted by Gasteiger charge is 2.07. The first-order valence-corrected chi connectivity index (χ1v) is 6.87. The summed E-state index contributed by atoms with van der Waals surface area (Å²) in [6.07, 6.45) is 0. The predicted molar refractivity (Wildman–Crippen MR) is 74.4 cm³/mol. The standard InChI is InChI=1S/C13H18N4S/c1-9-4-5-11(6-10(9)2)8-18-13-16-15-12(7-14)17(13)3/h4-6H,7-8,14H2,1-3H3. The van der Waals surface area contributed by atoms with E-state index in [0.717, 1.165) is 16.7 Å². The summed E-state index contributed by atoms with van der Waals surface area (Å²) in [5, 5.41) is 9.09. The minimum Gasteiger partial charge on any atom is -0.324 e. The van der Waals surface area contributed by atoms with Gasteiger partial charge < -0.3 is 10.3 Å². The number of benzene rings is 1. The molecule has 0 unspecified atom stereocenters. The summed E-state index contributed by atoms with van der Waals surface area (Å²) in [4.78, 5) is 0. The first kappa shape index (κ1) is 13.1. The molecule has 0 saturated heterocycles. The van der Waals surface area contributed by atoms with Crippen LogP contribution in [0, 0.1) is 13.8 Å². The van der Waals surface area contributed by atoms with Crippen molar-refractivity contribution in [2.24, 2.45) is 12.8 Å². The minimum absolute atomic E-state index is 0.424. The number of hydrogen-bond donors (Lipinski definition) is 1. The van der Waals surface area contributed by atoms with Gasteiger partial charge in [-0.3, -0.25) is 0 Å². The number of rotatable bonds is 4. The van der Waals surface area contributed by atoms with Gasteiger partial charge in [-0.1, -0.05) is 30.0 Å². The zero-order valence-electron chi connectivity index (χ0n) is 11.0. The SMILES string of the molecule is Cc1ccc(CSc2nnc(CN)n2C)cc1C. The van der Waals surface area contributed by atoms with Gasteiger partial charge in [-0.25, -0.2) is 0 Å². The number of aryl methyl sites for hydroxylation is 2. The van der Waals surface area contributed by atoms with Gasteiger partial charge in [0.1, 0.15) is 5.82 Å². The highest BCUT2D eigenvalue weighted by Crippen LogP contribution is 2.22. The second-order valence-corrected chi connectivity index (χ2v) is 5.31. The van der Waals surface area contributed by atoms with Gasteiger partial charge in [-0.15, -0.1) is 10.2 Å². The Labute approximate surface area is 112 Å². The highest BCUT2D eigenvalue weighted by molar-refractivity contribution is 7.98. The second-order valence-electron chi connectivity index (χ2n) is 4.37. The van der Waals surface area contributed by atoms with E-state index in [9.17, 15) is 0 Å². The molecule has 0 saturated carbocycles. The lowest BCUT2D eigenvalue weighted by atomic mass is 10.1. The number of nitrogens with zero attached hydrogens (tertiary/aromatic N) is 3. The minimum atomic E-state index is 0.424. The van der Waals surface area contributed by atoms with Gasteiger partial charge in [-0.2, -0.15) is 0 Å². The zero-order valence-corrected chi connectivity index (χ0v) is 11.8. The van der Waals surface area contributed by atoms with Gasteiger partial charge in [0, 0.05) is 12.8 Å². The van der Waals surface area contributed by atoms with Crippen molar-refractivity contribution in [3.8, 4) is 0 Å². The van der Waals surface area contributed by atoms with Crippen molar-refractivity contribution in [3.05, 3.63) is 40.7 Å². The molecule has 2 rings (SSSR count). The summed E-state index contributed by atoms with van der Waals surface area (Å²) in [6, 6.07) is 6.55. The summed E-state index contributed by atoms with van der Waals surface area (Å²) in [5.74, 6) is 1.72. The Kier molecular flexibility index (Phi) is 4.04. The monoisotopic (exact) mass is 262 g/mol. The Morgan fingerprint density at radius 1 is 1.22 bits per heavy atom. The molecule has 18 heavy (non-hydrogen) atoms. The topological polar surface area (TPSA) is 56.7 Å². The number of hydrogen-bond acceptors (Lipinski definition) is 4. The third kappa shape index (κ3) is 2.73. The normalized spacial score (nSPS) is 10.9.